The van der Waals surface area contributed by atoms with Crippen molar-refractivity contribution in [1.82, 2.24) is 5.32 Å². The van der Waals surface area contributed by atoms with Gasteiger partial charge in [0.05, 0.1) is 12.7 Å². The molecule has 0 spiro atoms. The van der Waals surface area contributed by atoms with Crippen LogP contribution in [-0.2, 0) is 22.4 Å². The summed E-state index contributed by atoms with van der Waals surface area (Å²) in [5.74, 6) is 1.42. The molecule has 0 aliphatic heterocycles. The van der Waals surface area contributed by atoms with E-state index in [9.17, 15) is 4.79 Å². The van der Waals surface area contributed by atoms with E-state index in [0.29, 0.717) is 18.9 Å². The molecule has 1 N–H and O–H groups in total. The van der Waals surface area contributed by atoms with Crippen molar-refractivity contribution in [2.75, 3.05) is 26.9 Å². The molecule has 0 unspecified atom stereocenters. The quantitative estimate of drug-likeness (QED) is 0.658. The first-order valence-electron chi connectivity index (χ1n) is 9.33. The lowest BCUT2D eigenvalue weighted by Crippen LogP contribution is -2.30. The summed E-state index contributed by atoms with van der Waals surface area (Å²) in [7, 11) is 1.71. The van der Waals surface area contributed by atoms with E-state index < -0.39 is 0 Å². The molecule has 5 heteroatoms. The van der Waals surface area contributed by atoms with E-state index in [1.165, 1.54) is 5.56 Å². The summed E-state index contributed by atoms with van der Waals surface area (Å²) in [6, 6.07) is 15.7. The van der Waals surface area contributed by atoms with Gasteiger partial charge in [0, 0.05) is 13.7 Å². The first-order valence-corrected chi connectivity index (χ1v) is 9.33. The molecule has 0 aliphatic rings. The molecular weight excluding hydrogens is 342 g/mol. The number of carbonyl (C=O) groups excluding carboxylic acids is 1. The van der Waals surface area contributed by atoms with Crippen LogP contribution in [0.4, 0.5) is 0 Å². The highest BCUT2D eigenvalue weighted by atomic mass is 16.5. The number of ether oxygens (including phenoxy) is 3. The van der Waals surface area contributed by atoms with Crippen LogP contribution in [0, 0.1) is 0 Å². The molecule has 2 rings (SSSR count). The zero-order valence-corrected chi connectivity index (χ0v) is 16.4. The lowest BCUT2D eigenvalue weighted by Gasteiger charge is -2.11. The maximum Gasteiger partial charge on any atom is 0.257 e. The highest BCUT2D eigenvalue weighted by Gasteiger charge is 2.05. The van der Waals surface area contributed by atoms with Crippen LogP contribution in [0.15, 0.2) is 48.5 Å². The molecule has 0 heterocycles. The van der Waals surface area contributed by atoms with Crippen LogP contribution in [0.25, 0.3) is 0 Å². The third kappa shape index (κ3) is 7.71. The van der Waals surface area contributed by atoms with E-state index in [1.807, 2.05) is 62.4 Å². The Bertz CT molecular complexity index is 682. The highest BCUT2D eigenvalue weighted by molar-refractivity contribution is 5.77. The van der Waals surface area contributed by atoms with Crippen LogP contribution in [0.5, 0.6) is 11.5 Å². The van der Waals surface area contributed by atoms with Gasteiger partial charge < -0.3 is 19.5 Å². The number of hydrogen-bond acceptors (Lipinski definition) is 4. The Hall–Kier alpha value is -2.53. The number of methoxy groups -OCH3 is 1. The van der Waals surface area contributed by atoms with Crippen LogP contribution >= 0.6 is 0 Å². The maximum atomic E-state index is 11.9. The standard InChI is InChI=1S/C22H29NO4/c1-4-26-20-9-5-18(6-10-20)13-14-23-22(24)16-27-21-11-7-19(8-12-21)15-17(2)25-3/h5-12,17H,4,13-16H2,1-3H3,(H,23,24)/t17-/m0/s1. The first-order chi connectivity index (χ1) is 13.1. The van der Waals surface area contributed by atoms with Crippen molar-refractivity contribution in [3.8, 4) is 11.5 Å². The summed E-state index contributed by atoms with van der Waals surface area (Å²) in [4.78, 5) is 11.9. The number of amides is 1. The smallest absolute Gasteiger partial charge is 0.257 e. The summed E-state index contributed by atoms with van der Waals surface area (Å²) < 4.78 is 16.2. The molecule has 2 aromatic rings. The fourth-order valence-electron chi connectivity index (χ4n) is 2.60. The molecule has 0 saturated carbocycles. The van der Waals surface area contributed by atoms with Crippen LogP contribution in [-0.4, -0.2) is 38.9 Å². The Balaban J connectivity index is 1.67. The summed E-state index contributed by atoms with van der Waals surface area (Å²) in [6.45, 7) is 5.23. The van der Waals surface area contributed by atoms with E-state index in [2.05, 4.69) is 5.32 Å². The summed E-state index contributed by atoms with van der Waals surface area (Å²) >= 11 is 0. The minimum atomic E-state index is -0.127. The Morgan fingerprint density at radius 2 is 1.56 bits per heavy atom. The molecule has 2 aromatic carbocycles. The van der Waals surface area contributed by atoms with Crippen LogP contribution < -0.4 is 14.8 Å². The van der Waals surface area contributed by atoms with Gasteiger partial charge in [-0.2, -0.15) is 0 Å². The predicted molar refractivity (Wildman–Crippen MR) is 106 cm³/mol. The number of nitrogens with one attached hydrogen (secondary N) is 1. The lowest BCUT2D eigenvalue weighted by atomic mass is 10.1. The maximum absolute atomic E-state index is 11.9. The van der Waals surface area contributed by atoms with E-state index in [4.69, 9.17) is 14.2 Å². The van der Waals surface area contributed by atoms with Crippen molar-refractivity contribution in [1.29, 1.82) is 0 Å². The predicted octanol–water partition coefficient (Wildman–Crippen LogP) is 3.40. The molecule has 0 aromatic heterocycles. The Morgan fingerprint density at radius 3 is 2.15 bits per heavy atom. The van der Waals surface area contributed by atoms with Crippen molar-refractivity contribution in [2.24, 2.45) is 0 Å². The van der Waals surface area contributed by atoms with E-state index in [-0.39, 0.29) is 18.6 Å². The Labute approximate surface area is 161 Å². The van der Waals surface area contributed by atoms with Gasteiger partial charge in [-0.25, -0.2) is 0 Å². The van der Waals surface area contributed by atoms with Crippen LogP contribution in [0.2, 0.25) is 0 Å². The Kier molecular flexibility index (Phi) is 8.65. The molecule has 0 radical (unpaired) electrons. The summed E-state index contributed by atoms with van der Waals surface area (Å²) in [5.41, 5.74) is 2.33. The molecule has 27 heavy (non-hydrogen) atoms. The molecule has 1 amide bonds. The highest BCUT2D eigenvalue weighted by Crippen LogP contribution is 2.14. The molecule has 0 bridgehead atoms. The minimum absolute atomic E-state index is 0.0110. The van der Waals surface area contributed by atoms with Gasteiger partial charge in [-0.05, 0) is 62.1 Å². The van der Waals surface area contributed by atoms with Gasteiger partial charge in [-0.15, -0.1) is 0 Å². The second-order valence-corrected chi connectivity index (χ2v) is 6.36. The topological polar surface area (TPSA) is 56.8 Å². The normalized spacial score (nSPS) is 11.7. The average molecular weight is 371 g/mol. The molecule has 5 nitrogen and oxygen atoms in total. The third-order valence-corrected chi connectivity index (χ3v) is 4.19. The van der Waals surface area contributed by atoms with Crippen molar-refractivity contribution < 1.29 is 19.0 Å². The largest absolute Gasteiger partial charge is 0.494 e. The minimum Gasteiger partial charge on any atom is -0.494 e. The van der Waals surface area contributed by atoms with Gasteiger partial charge in [0.1, 0.15) is 11.5 Å². The van der Waals surface area contributed by atoms with E-state index >= 15 is 0 Å². The molecule has 146 valence electrons. The van der Waals surface area contributed by atoms with Gasteiger partial charge in [0.15, 0.2) is 6.61 Å². The zero-order chi connectivity index (χ0) is 19.5. The fraction of sp³-hybridized carbons (Fsp3) is 0.409. The van der Waals surface area contributed by atoms with Gasteiger partial charge >= 0.3 is 0 Å². The van der Waals surface area contributed by atoms with Gasteiger partial charge in [-0.1, -0.05) is 24.3 Å². The van der Waals surface area contributed by atoms with Crippen LogP contribution in [0.3, 0.4) is 0 Å². The first kappa shape index (κ1) is 20.8. The lowest BCUT2D eigenvalue weighted by molar-refractivity contribution is -0.123. The monoisotopic (exact) mass is 371 g/mol. The van der Waals surface area contributed by atoms with Gasteiger partial charge in [-0.3, -0.25) is 4.79 Å². The molecule has 0 aliphatic carbocycles. The van der Waals surface area contributed by atoms with Crippen molar-refractivity contribution >= 4 is 5.91 Å². The van der Waals surface area contributed by atoms with Crippen molar-refractivity contribution in [3.05, 3.63) is 59.7 Å². The SMILES string of the molecule is CCOc1ccc(CCNC(=O)COc2ccc(C[C@H](C)OC)cc2)cc1. The summed E-state index contributed by atoms with van der Waals surface area (Å²) in [6.07, 6.45) is 1.80. The van der Waals surface area contributed by atoms with Gasteiger partial charge in [0.25, 0.3) is 5.91 Å². The average Bonchev–Trinajstić information content (AvgIpc) is 2.69. The zero-order valence-electron chi connectivity index (χ0n) is 16.4. The molecule has 1 atom stereocenters. The fourth-order valence-corrected chi connectivity index (χ4v) is 2.60. The summed E-state index contributed by atoms with van der Waals surface area (Å²) in [5, 5.41) is 2.87. The van der Waals surface area contributed by atoms with Crippen LogP contribution in [0.1, 0.15) is 25.0 Å². The number of hydrogen-bond donors (Lipinski definition) is 1. The van der Waals surface area contributed by atoms with Crippen molar-refractivity contribution in [3.63, 3.8) is 0 Å². The molecular formula is C22H29NO4. The van der Waals surface area contributed by atoms with E-state index in [0.717, 1.165) is 24.2 Å². The van der Waals surface area contributed by atoms with Gasteiger partial charge in [0.2, 0.25) is 0 Å². The van der Waals surface area contributed by atoms with Crippen molar-refractivity contribution in [2.45, 2.75) is 32.8 Å². The number of carbonyl (C=O) groups is 1. The second kappa shape index (κ2) is 11.2. The number of rotatable bonds is 11. The van der Waals surface area contributed by atoms with E-state index in [1.54, 1.807) is 7.11 Å². The number of benzene rings is 2. The molecule has 0 fully saturated rings. The third-order valence-electron chi connectivity index (χ3n) is 4.19. The Morgan fingerprint density at radius 1 is 0.963 bits per heavy atom. The molecule has 0 saturated heterocycles. The second-order valence-electron chi connectivity index (χ2n) is 6.36.